The monoisotopic (exact) mass is 351 g/mol. The average Bonchev–Trinajstić information content (AvgIpc) is 3.01. The van der Waals surface area contributed by atoms with Crippen molar-refractivity contribution in [2.24, 2.45) is 0 Å². The lowest BCUT2D eigenvalue weighted by Gasteiger charge is -2.12. The minimum Gasteiger partial charge on any atom is -0.493 e. The average molecular weight is 351 g/mol. The Morgan fingerprint density at radius 2 is 1.73 bits per heavy atom. The number of methoxy groups -OCH3 is 2. The van der Waals surface area contributed by atoms with Crippen LogP contribution >= 0.6 is 0 Å². The fourth-order valence-electron chi connectivity index (χ4n) is 2.74. The molecule has 0 aliphatic rings. The van der Waals surface area contributed by atoms with Crippen LogP contribution in [0.15, 0.2) is 48.5 Å². The quantitative estimate of drug-likeness (QED) is 0.760. The van der Waals surface area contributed by atoms with E-state index in [0.717, 1.165) is 16.9 Å². The van der Waals surface area contributed by atoms with E-state index in [0.29, 0.717) is 22.9 Å². The van der Waals surface area contributed by atoms with Crippen LogP contribution in [0.25, 0.3) is 5.69 Å². The van der Waals surface area contributed by atoms with Crippen molar-refractivity contribution < 1.29 is 14.3 Å². The van der Waals surface area contributed by atoms with Crippen molar-refractivity contribution in [3.8, 4) is 17.2 Å². The smallest absolute Gasteiger partial charge is 0.256 e. The van der Waals surface area contributed by atoms with Gasteiger partial charge in [-0.25, -0.2) is 4.68 Å². The van der Waals surface area contributed by atoms with E-state index in [1.54, 1.807) is 30.0 Å². The molecule has 0 saturated heterocycles. The Bertz CT molecular complexity index is 947. The zero-order valence-electron chi connectivity index (χ0n) is 15.2. The van der Waals surface area contributed by atoms with E-state index in [9.17, 15) is 4.79 Å². The standard InChI is InChI=1S/C20H21N3O3/c1-13-7-5-6-8-16(13)23-19(11-14(2)22-23)21-20(24)15-9-10-17(25-3)18(12-15)26-4/h5-12H,1-4H3,(H,21,24). The van der Waals surface area contributed by atoms with Crippen molar-refractivity contribution in [1.82, 2.24) is 9.78 Å². The molecule has 6 heteroatoms. The normalized spacial score (nSPS) is 10.5. The molecule has 26 heavy (non-hydrogen) atoms. The Kier molecular flexibility index (Phi) is 4.93. The first-order chi connectivity index (χ1) is 12.5. The highest BCUT2D eigenvalue weighted by Crippen LogP contribution is 2.28. The molecule has 1 aromatic heterocycles. The summed E-state index contributed by atoms with van der Waals surface area (Å²) in [5.74, 6) is 1.44. The number of nitrogens with zero attached hydrogens (tertiary/aromatic N) is 2. The Morgan fingerprint density at radius 3 is 2.42 bits per heavy atom. The summed E-state index contributed by atoms with van der Waals surface area (Å²) in [6, 6.07) is 14.8. The molecule has 0 aliphatic heterocycles. The molecule has 0 spiro atoms. The predicted octanol–water partition coefficient (Wildman–Crippen LogP) is 3.76. The van der Waals surface area contributed by atoms with Crippen molar-refractivity contribution in [3.05, 3.63) is 65.4 Å². The van der Waals surface area contributed by atoms with E-state index in [2.05, 4.69) is 10.4 Å². The second kappa shape index (κ2) is 7.31. The van der Waals surface area contributed by atoms with E-state index < -0.39 is 0 Å². The van der Waals surface area contributed by atoms with Gasteiger partial charge in [-0.3, -0.25) is 4.79 Å². The largest absolute Gasteiger partial charge is 0.493 e. The first-order valence-corrected chi connectivity index (χ1v) is 8.19. The van der Waals surface area contributed by atoms with Gasteiger partial charge in [0.15, 0.2) is 11.5 Å². The van der Waals surface area contributed by atoms with Crippen molar-refractivity contribution >= 4 is 11.7 Å². The van der Waals surface area contributed by atoms with E-state index in [1.807, 2.05) is 44.2 Å². The highest BCUT2D eigenvalue weighted by atomic mass is 16.5. The summed E-state index contributed by atoms with van der Waals surface area (Å²) in [4.78, 5) is 12.7. The molecule has 0 aliphatic carbocycles. The molecule has 134 valence electrons. The molecule has 2 aromatic carbocycles. The van der Waals surface area contributed by atoms with E-state index >= 15 is 0 Å². The summed E-state index contributed by atoms with van der Waals surface area (Å²) in [5, 5.41) is 7.43. The molecule has 1 amide bonds. The number of carbonyl (C=O) groups is 1. The third kappa shape index (κ3) is 3.39. The van der Waals surface area contributed by atoms with Crippen LogP contribution in [-0.2, 0) is 0 Å². The van der Waals surface area contributed by atoms with Gasteiger partial charge in [-0.05, 0) is 43.7 Å². The van der Waals surface area contributed by atoms with E-state index in [4.69, 9.17) is 9.47 Å². The minimum absolute atomic E-state index is 0.249. The Morgan fingerprint density at radius 1 is 1.00 bits per heavy atom. The number of hydrogen-bond acceptors (Lipinski definition) is 4. The molecule has 1 heterocycles. The maximum atomic E-state index is 12.7. The number of nitrogens with one attached hydrogen (secondary N) is 1. The molecular formula is C20H21N3O3. The number of rotatable bonds is 5. The molecule has 1 N–H and O–H groups in total. The van der Waals surface area contributed by atoms with Crippen LogP contribution in [0.5, 0.6) is 11.5 Å². The van der Waals surface area contributed by atoms with Crippen molar-refractivity contribution in [3.63, 3.8) is 0 Å². The topological polar surface area (TPSA) is 65.4 Å². The number of hydrogen-bond donors (Lipinski definition) is 1. The highest BCUT2D eigenvalue weighted by molar-refractivity contribution is 6.04. The summed E-state index contributed by atoms with van der Waals surface area (Å²) >= 11 is 0. The molecule has 0 unspecified atom stereocenters. The third-order valence-electron chi connectivity index (χ3n) is 4.06. The van der Waals surface area contributed by atoms with Crippen LogP contribution in [0.1, 0.15) is 21.6 Å². The van der Waals surface area contributed by atoms with E-state index in [1.165, 1.54) is 7.11 Å². The van der Waals surface area contributed by atoms with Gasteiger partial charge in [0.05, 0.1) is 25.6 Å². The molecule has 6 nitrogen and oxygen atoms in total. The fourth-order valence-corrected chi connectivity index (χ4v) is 2.74. The molecule has 0 atom stereocenters. The molecule has 0 saturated carbocycles. The number of para-hydroxylation sites is 1. The molecule has 0 fully saturated rings. The van der Waals surface area contributed by atoms with Gasteiger partial charge in [-0.1, -0.05) is 18.2 Å². The Balaban J connectivity index is 1.93. The summed E-state index contributed by atoms with van der Waals surface area (Å²) in [6.07, 6.45) is 0. The first-order valence-electron chi connectivity index (χ1n) is 8.19. The number of amides is 1. The Labute approximate surface area is 152 Å². The second-order valence-electron chi connectivity index (χ2n) is 5.89. The maximum Gasteiger partial charge on any atom is 0.256 e. The third-order valence-corrected chi connectivity index (χ3v) is 4.06. The summed E-state index contributed by atoms with van der Waals surface area (Å²) in [5.41, 5.74) is 3.27. The van der Waals surface area contributed by atoms with Crippen LogP contribution in [-0.4, -0.2) is 29.9 Å². The van der Waals surface area contributed by atoms with Crippen molar-refractivity contribution in [1.29, 1.82) is 0 Å². The minimum atomic E-state index is -0.249. The van der Waals surface area contributed by atoms with Crippen LogP contribution in [0.3, 0.4) is 0 Å². The molecular weight excluding hydrogens is 330 g/mol. The van der Waals surface area contributed by atoms with Crippen LogP contribution in [0, 0.1) is 13.8 Å². The fraction of sp³-hybridized carbons (Fsp3) is 0.200. The summed E-state index contributed by atoms with van der Waals surface area (Å²) in [7, 11) is 3.09. The number of anilines is 1. The SMILES string of the molecule is COc1ccc(C(=O)Nc2cc(C)nn2-c2ccccc2C)cc1OC. The first kappa shape index (κ1) is 17.5. The van der Waals surface area contributed by atoms with Crippen molar-refractivity contribution in [2.75, 3.05) is 19.5 Å². The van der Waals surface area contributed by atoms with Gasteiger partial charge < -0.3 is 14.8 Å². The zero-order valence-corrected chi connectivity index (χ0v) is 15.2. The predicted molar refractivity (Wildman–Crippen MR) is 101 cm³/mol. The van der Waals surface area contributed by atoms with Gasteiger partial charge in [-0.15, -0.1) is 0 Å². The number of carbonyl (C=O) groups excluding carboxylic acids is 1. The number of ether oxygens (including phenoxy) is 2. The molecule has 0 radical (unpaired) electrons. The van der Waals surface area contributed by atoms with Gasteiger partial charge >= 0.3 is 0 Å². The maximum absolute atomic E-state index is 12.7. The number of aromatic nitrogens is 2. The zero-order chi connectivity index (χ0) is 18.7. The van der Waals surface area contributed by atoms with Gasteiger partial charge in [0.25, 0.3) is 5.91 Å². The number of aryl methyl sites for hydroxylation is 2. The summed E-state index contributed by atoms with van der Waals surface area (Å²) < 4.78 is 12.2. The Hall–Kier alpha value is -3.28. The molecule has 0 bridgehead atoms. The van der Waals surface area contributed by atoms with Gasteiger partial charge in [0, 0.05) is 11.6 Å². The van der Waals surface area contributed by atoms with E-state index in [-0.39, 0.29) is 5.91 Å². The van der Waals surface area contributed by atoms with Crippen molar-refractivity contribution in [2.45, 2.75) is 13.8 Å². The lowest BCUT2D eigenvalue weighted by molar-refractivity contribution is 0.102. The lowest BCUT2D eigenvalue weighted by atomic mass is 10.2. The van der Waals surface area contributed by atoms with Crippen LogP contribution in [0.4, 0.5) is 5.82 Å². The lowest BCUT2D eigenvalue weighted by Crippen LogP contribution is -2.15. The summed E-state index contributed by atoms with van der Waals surface area (Å²) in [6.45, 7) is 3.90. The highest BCUT2D eigenvalue weighted by Gasteiger charge is 2.15. The van der Waals surface area contributed by atoms with Gasteiger partial charge in [0.2, 0.25) is 0 Å². The number of benzene rings is 2. The van der Waals surface area contributed by atoms with Crippen LogP contribution in [0.2, 0.25) is 0 Å². The molecule has 3 rings (SSSR count). The second-order valence-corrected chi connectivity index (χ2v) is 5.89. The van der Waals surface area contributed by atoms with Crippen LogP contribution < -0.4 is 14.8 Å². The molecule has 3 aromatic rings. The van der Waals surface area contributed by atoms with Gasteiger partial charge in [0.1, 0.15) is 5.82 Å². The van der Waals surface area contributed by atoms with Gasteiger partial charge in [-0.2, -0.15) is 5.10 Å².